The Morgan fingerprint density at radius 3 is 2.20 bits per heavy atom. The molecule has 0 aliphatic heterocycles. The summed E-state index contributed by atoms with van der Waals surface area (Å²) in [7, 11) is 0. The normalized spacial score (nSPS) is 10.3. The number of aliphatic carboxylic acids is 1. The molecule has 0 bridgehead atoms. The third kappa shape index (κ3) is 6.39. The number of amides is 1. The van der Waals surface area contributed by atoms with E-state index in [4.69, 9.17) is 5.11 Å². The van der Waals surface area contributed by atoms with Crippen LogP contribution in [0.4, 0.5) is 10.1 Å². The minimum Gasteiger partial charge on any atom is -0.481 e. The minimum atomic E-state index is -1.02. The summed E-state index contributed by atoms with van der Waals surface area (Å²) < 4.78 is 12.8. The zero-order valence-corrected chi connectivity index (χ0v) is 14.0. The fourth-order valence-corrected chi connectivity index (χ4v) is 2.74. The van der Waals surface area contributed by atoms with Gasteiger partial charge in [0.1, 0.15) is 5.82 Å². The summed E-state index contributed by atoms with van der Waals surface area (Å²) in [5.41, 5.74) is 1.01. The number of nitrogens with one attached hydrogen (secondary N) is 1. The first kappa shape index (κ1) is 18.7. The molecule has 1 amide bonds. The summed E-state index contributed by atoms with van der Waals surface area (Å²) in [6.45, 7) is 0. The van der Waals surface area contributed by atoms with E-state index in [9.17, 15) is 18.8 Å². The molecule has 0 aliphatic rings. The van der Waals surface area contributed by atoms with Crippen LogP contribution < -0.4 is 5.32 Å². The molecule has 0 aromatic heterocycles. The van der Waals surface area contributed by atoms with Crippen molar-refractivity contribution >= 4 is 35.1 Å². The molecule has 0 spiro atoms. The highest BCUT2D eigenvalue weighted by Crippen LogP contribution is 2.21. The number of anilines is 1. The van der Waals surface area contributed by atoms with Crippen LogP contribution in [0.25, 0.3) is 0 Å². The van der Waals surface area contributed by atoms with Crippen molar-refractivity contribution in [1.82, 2.24) is 0 Å². The van der Waals surface area contributed by atoms with Crippen molar-refractivity contribution < 1.29 is 23.9 Å². The second-order valence-electron chi connectivity index (χ2n) is 5.19. The van der Waals surface area contributed by atoms with E-state index in [-0.39, 0.29) is 36.1 Å². The maximum absolute atomic E-state index is 12.8. The number of thioether (sulfide) groups is 1. The quantitative estimate of drug-likeness (QED) is 0.554. The highest BCUT2D eigenvalue weighted by molar-refractivity contribution is 8.00. The number of carboxylic acid groups (broad SMARTS) is 1. The Labute approximate surface area is 148 Å². The molecule has 0 aliphatic carbocycles. The Morgan fingerprint density at radius 2 is 1.60 bits per heavy atom. The van der Waals surface area contributed by atoms with Gasteiger partial charge in [-0.05, 0) is 48.5 Å². The van der Waals surface area contributed by atoms with Gasteiger partial charge in [0.25, 0.3) is 0 Å². The summed E-state index contributed by atoms with van der Waals surface area (Å²) in [4.78, 5) is 34.8. The van der Waals surface area contributed by atoms with Gasteiger partial charge in [-0.3, -0.25) is 14.4 Å². The maximum atomic E-state index is 12.8. The Balaban J connectivity index is 1.83. The first-order valence-corrected chi connectivity index (χ1v) is 8.46. The molecule has 0 heterocycles. The molecule has 5 nitrogen and oxygen atoms in total. The van der Waals surface area contributed by atoms with Crippen molar-refractivity contribution in [3.05, 3.63) is 59.9 Å². The van der Waals surface area contributed by atoms with Crippen LogP contribution in [0, 0.1) is 5.82 Å². The molecule has 0 unspecified atom stereocenters. The Kier molecular flexibility index (Phi) is 6.71. The van der Waals surface area contributed by atoms with E-state index in [1.807, 2.05) is 0 Å². The number of hydrogen-bond donors (Lipinski definition) is 2. The van der Waals surface area contributed by atoms with E-state index in [1.54, 1.807) is 24.3 Å². The van der Waals surface area contributed by atoms with Crippen LogP contribution in [-0.2, 0) is 9.59 Å². The van der Waals surface area contributed by atoms with Crippen molar-refractivity contribution in [3.8, 4) is 0 Å². The molecule has 0 radical (unpaired) electrons. The number of rotatable bonds is 8. The SMILES string of the molecule is O=C(O)CCC(=O)Nc1ccc(SCC(=O)c2ccc(F)cc2)cc1. The number of halogens is 1. The van der Waals surface area contributed by atoms with E-state index in [1.165, 1.54) is 36.0 Å². The second-order valence-corrected chi connectivity index (χ2v) is 6.23. The van der Waals surface area contributed by atoms with Crippen molar-refractivity contribution in [2.75, 3.05) is 11.1 Å². The molecule has 2 rings (SSSR count). The van der Waals surface area contributed by atoms with Gasteiger partial charge in [0, 0.05) is 22.6 Å². The van der Waals surface area contributed by atoms with Crippen LogP contribution >= 0.6 is 11.8 Å². The molecule has 2 aromatic rings. The zero-order valence-electron chi connectivity index (χ0n) is 13.2. The first-order chi connectivity index (χ1) is 11.9. The Hall–Kier alpha value is -2.67. The predicted molar refractivity (Wildman–Crippen MR) is 93.4 cm³/mol. The van der Waals surface area contributed by atoms with Gasteiger partial charge >= 0.3 is 5.97 Å². The molecule has 7 heteroatoms. The number of carbonyl (C=O) groups excluding carboxylic acids is 2. The molecule has 0 saturated heterocycles. The minimum absolute atomic E-state index is 0.0853. The molecule has 2 N–H and O–H groups in total. The van der Waals surface area contributed by atoms with Crippen LogP contribution in [0.2, 0.25) is 0 Å². The molecule has 0 saturated carbocycles. The smallest absolute Gasteiger partial charge is 0.303 e. The summed E-state index contributed by atoms with van der Waals surface area (Å²) in [6, 6.07) is 12.3. The maximum Gasteiger partial charge on any atom is 0.303 e. The van der Waals surface area contributed by atoms with Gasteiger partial charge in [-0.15, -0.1) is 11.8 Å². The third-order valence-corrected chi connectivity index (χ3v) is 4.25. The lowest BCUT2D eigenvalue weighted by Gasteiger charge is -2.06. The van der Waals surface area contributed by atoms with Crippen LogP contribution in [0.5, 0.6) is 0 Å². The van der Waals surface area contributed by atoms with Crippen molar-refractivity contribution in [2.45, 2.75) is 17.7 Å². The van der Waals surface area contributed by atoms with Crippen LogP contribution in [0.15, 0.2) is 53.4 Å². The first-order valence-electron chi connectivity index (χ1n) is 7.47. The topological polar surface area (TPSA) is 83.5 Å². The molecule has 130 valence electrons. The van der Waals surface area contributed by atoms with Gasteiger partial charge in [0.05, 0.1) is 12.2 Å². The summed E-state index contributed by atoms with van der Waals surface area (Å²) >= 11 is 1.34. The number of benzene rings is 2. The molecular formula is C18H16FNO4S. The average Bonchev–Trinajstić information content (AvgIpc) is 2.60. The van der Waals surface area contributed by atoms with Crippen molar-refractivity contribution in [3.63, 3.8) is 0 Å². The van der Waals surface area contributed by atoms with E-state index >= 15 is 0 Å². The van der Waals surface area contributed by atoms with Gasteiger partial charge in [-0.2, -0.15) is 0 Å². The van der Waals surface area contributed by atoms with Gasteiger partial charge < -0.3 is 10.4 Å². The van der Waals surface area contributed by atoms with Crippen molar-refractivity contribution in [2.24, 2.45) is 0 Å². The van der Waals surface area contributed by atoms with Crippen LogP contribution in [0.3, 0.4) is 0 Å². The molecule has 0 fully saturated rings. The monoisotopic (exact) mass is 361 g/mol. The van der Waals surface area contributed by atoms with Crippen molar-refractivity contribution in [1.29, 1.82) is 0 Å². The zero-order chi connectivity index (χ0) is 18.2. The Bertz CT molecular complexity index is 760. The molecular weight excluding hydrogens is 345 g/mol. The fourth-order valence-electron chi connectivity index (χ4n) is 1.95. The van der Waals surface area contributed by atoms with Crippen LogP contribution in [0.1, 0.15) is 23.2 Å². The Morgan fingerprint density at radius 1 is 0.960 bits per heavy atom. The lowest BCUT2D eigenvalue weighted by Crippen LogP contribution is -2.13. The van der Waals surface area contributed by atoms with Gasteiger partial charge in [-0.1, -0.05) is 0 Å². The summed E-state index contributed by atoms with van der Waals surface area (Å²) in [5, 5.41) is 11.1. The number of hydrogen-bond acceptors (Lipinski definition) is 4. The summed E-state index contributed by atoms with van der Waals surface area (Å²) in [6.07, 6.45) is -0.302. The van der Waals surface area contributed by atoms with Crippen LogP contribution in [-0.4, -0.2) is 28.5 Å². The van der Waals surface area contributed by atoms with Gasteiger partial charge in [-0.25, -0.2) is 4.39 Å². The molecule has 2 aromatic carbocycles. The van der Waals surface area contributed by atoms with Gasteiger partial charge in [0.2, 0.25) is 5.91 Å². The van der Waals surface area contributed by atoms with Gasteiger partial charge in [0.15, 0.2) is 5.78 Å². The third-order valence-electron chi connectivity index (χ3n) is 3.24. The lowest BCUT2D eigenvalue weighted by atomic mass is 10.1. The van der Waals surface area contributed by atoms with E-state index in [0.29, 0.717) is 11.3 Å². The average molecular weight is 361 g/mol. The summed E-state index contributed by atoms with van der Waals surface area (Å²) in [5.74, 6) is -1.65. The second kappa shape index (κ2) is 8.98. The van der Waals surface area contributed by atoms with E-state index in [2.05, 4.69) is 5.32 Å². The van der Waals surface area contributed by atoms with E-state index in [0.717, 1.165) is 4.90 Å². The lowest BCUT2D eigenvalue weighted by molar-refractivity contribution is -0.138. The number of carboxylic acids is 1. The molecule has 0 atom stereocenters. The predicted octanol–water partition coefficient (Wildman–Crippen LogP) is 3.60. The highest BCUT2D eigenvalue weighted by atomic mass is 32.2. The fraction of sp³-hybridized carbons (Fsp3) is 0.167. The number of carbonyl (C=O) groups is 3. The number of ketones is 1. The molecule has 25 heavy (non-hydrogen) atoms. The standard InChI is InChI=1S/C18H16FNO4S/c19-13-3-1-12(2-4-13)16(21)11-25-15-7-5-14(6-8-15)20-17(22)9-10-18(23)24/h1-8H,9-11H2,(H,20,22)(H,23,24). The van der Waals surface area contributed by atoms with E-state index < -0.39 is 5.97 Å². The highest BCUT2D eigenvalue weighted by Gasteiger charge is 2.08. The largest absolute Gasteiger partial charge is 0.481 e. The number of Topliss-reactive ketones (excluding diaryl/α,β-unsaturated/α-hetero) is 1.